The number of anilines is 2. The lowest BCUT2D eigenvalue weighted by molar-refractivity contribution is -0.123. The minimum atomic E-state index is -1.30. The zero-order chi connectivity index (χ0) is 23.2. The second-order valence-corrected chi connectivity index (χ2v) is 8.90. The normalized spacial score (nSPS) is 19.4. The molecule has 8 heteroatoms. The Hall–Kier alpha value is -3.52. The van der Waals surface area contributed by atoms with E-state index in [9.17, 15) is 14.0 Å². The maximum Gasteiger partial charge on any atom is 0.269 e. The standard InChI is InChI=1S/C25H21FN2O4S/c1-31-18-11-17(12-19(13-18)32-2)28-23(29)15-33-25(28)20-8-4-6-10-22(20)27(24(25)30)14-16-7-3-5-9-21(16)26/h3-13H,14-15H2,1-2H3/t25-/m0/s1. The number of methoxy groups -OCH3 is 2. The van der Waals surface area contributed by atoms with Crippen LogP contribution in [0.15, 0.2) is 66.7 Å². The first-order valence-electron chi connectivity index (χ1n) is 10.3. The first-order chi connectivity index (χ1) is 16.0. The number of carbonyl (C=O) groups excluding carboxylic acids is 2. The van der Waals surface area contributed by atoms with Crippen LogP contribution in [0, 0.1) is 5.82 Å². The van der Waals surface area contributed by atoms with E-state index in [1.165, 1.54) is 36.9 Å². The summed E-state index contributed by atoms with van der Waals surface area (Å²) in [6, 6.07) is 18.9. The van der Waals surface area contributed by atoms with Gasteiger partial charge in [0.25, 0.3) is 5.91 Å². The van der Waals surface area contributed by atoms with Gasteiger partial charge < -0.3 is 14.4 Å². The number of thioether (sulfide) groups is 1. The van der Waals surface area contributed by atoms with Crippen molar-refractivity contribution in [3.05, 3.63) is 83.7 Å². The maximum atomic E-state index is 14.4. The van der Waals surface area contributed by atoms with Gasteiger partial charge in [0.15, 0.2) is 0 Å². The van der Waals surface area contributed by atoms with Gasteiger partial charge in [0, 0.05) is 29.3 Å². The fourth-order valence-corrected chi connectivity index (χ4v) is 5.79. The predicted octanol–water partition coefficient (Wildman–Crippen LogP) is 4.32. The molecule has 2 amide bonds. The molecule has 0 aromatic heterocycles. The lowest BCUT2D eigenvalue weighted by Gasteiger charge is -2.33. The van der Waals surface area contributed by atoms with E-state index in [2.05, 4.69) is 0 Å². The summed E-state index contributed by atoms with van der Waals surface area (Å²) in [6.07, 6.45) is 0. The van der Waals surface area contributed by atoms with Crippen LogP contribution in [0.25, 0.3) is 0 Å². The number of ether oxygens (including phenoxy) is 2. The summed E-state index contributed by atoms with van der Waals surface area (Å²) in [4.78, 5) is 29.1. The molecule has 2 aliphatic heterocycles. The first kappa shape index (κ1) is 21.3. The SMILES string of the molecule is COc1cc(OC)cc(N2C(=O)CS[C@@]23C(=O)N(Cc2ccccc2F)c2ccccc23)c1. The summed E-state index contributed by atoms with van der Waals surface area (Å²) >= 11 is 1.27. The zero-order valence-electron chi connectivity index (χ0n) is 18.1. The smallest absolute Gasteiger partial charge is 0.269 e. The van der Waals surface area contributed by atoms with Crippen LogP contribution in [-0.2, 0) is 21.0 Å². The third-order valence-electron chi connectivity index (χ3n) is 5.94. The van der Waals surface area contributed by atoms with Crippen LogP contribution in [0.4, 0.5) is 15.8 Å². The molecule has 3 aromatic rings. The number of fused-ring (bicyclic) bond motifs is 2. The quantitative estimate of drug-likeness (QED) is 0.563. The van der Waals surface area contributed by atoms with E-state index in [-0.39, 0.29) is 29.9 Å². The number of carbonyl (C=O) groups is 2. The van der Waals surface area contributed by atoms with E-state index in [0.717, 1.165) is 0 Å². The molecule has 33 heavy (non-hydrogen) atoms. The minimum absolute atomic E-state index is 0.0638. The van der Waals surface area contributed by atoms with E-state index in [1.54, 1.807) is 41.3 Å². The van der Waals surface area contributed by atoms with E-state index < -0.39 is 4.87 Å². The Bertz CT molecular complexity index is 1240. The van der Waals surface area contributed by atoms with Crippen molar-refractivity contribution in [1.29, 1.82) is 0 Å². The highest BCUT2D eigenvalue weighted by Crippen LogP contribution is 2.56. The molecule has 0 bridgehead atoms. The van der Waals surface area contributed by atoms with E-state index in [1.807, 2.05) is 24.3 Å². The molecule has 5 rings (SSSR count). The number of halogens is 1. The van der Waals surface area contributed by atoms with Gasteiger partial charge in [-0.25, -0.2) is 4.39 Å². The van der Waals surface area contributed by atoms with Crippen molar-refractivity contribution >= 4 is 35.0 Å². The first-order valence-corrected chi connectivity index (χ1v) is 11.3. The summed E-state index contributed by atoms with van der Waals surface area (Å²) in [7, 11) is 3.06. The molecular weight excluding hydrogens is 443 g/mol. The molecule has 1 saturated heterocycles. The second kappa shape index (κ2) is 8.12. The molecule has 168 valence electrons. The van der Waals surface area contributed by atoms with Crippen molar-refractivity contribution in [1.82, 2.24) is 0 Å². The van der Waals surface area contributed by atoms with Gasteiger partial charge in [-0.05, 0) is 12.1 Å². The van der Waals surface area contributed by atoms with Gasteiger partial charge in [-0.15, -0.1) is 11.8 Å². The third kappa shape index (κ3) is 3.24. The van der Waals surface area contributed by atoms with Gasteiger partial charge >= 0.3 is 0 Å². The molecule has 3 aromatic carbocycles. The molecular formula is C25H21FN2O4S. The van der Waals surface area contributed by atoms with Gasteiger partial charge in [-0.2, -0.15) is 0 Å². The van der Waals surface area contributed by atoms with Crippen molar-refractivity contribution in [3.8, 4) is 11.5 Å². The van der Waals surface area contributed by atoms with Crippen molar-refractivity contribution in [2.75, 3.05) is 29.8 Å². The molecule has 0 radical (unpaired) electrons. The second-order valence-electron chi connectivity index (χ2n) is 7.73. The van der Waals surface area contributed by atoms with Crippen LogP contribution in [0.3, 0.4) is 0 Å². The largest absolute Gasteiger partial charge is 0.497 e. The number of rotatable bonds is 5. The Morgan fingerprint density at radius 3 is 2.33 bits per heavy atom. The Morgan fingerprint density at radius 1 is 0.970 bits per heavy atom. The van der Waals surface area contributed by atoms with Gasteiger partial charge in [0.05, 0.1) is 37.9 Å². The van der Waals surface area contributed by atoms with Crippen molar-refractivity contribution in [2.45, 2.75) is 11.4 Å². The maximum absolute atomic E-state index is 14.4. The predicted molar refractivity (Wildman–Crippen MR) is 125 cm³/mol. The van der Waals surface area contributed by atoms with Crippen molar-refractivity contribution in [3.63, 3.8) is 0 Å². The number of nitrogens with zero attached hydrogens (tertiary/aromatic N) is 2. The molecule has 0 saturated carbocycles. The summed E-state index contributed by atoms with van der Waals surface area (Å²) in [5.41, 5.74) is 2.26. The molecule has 2 heterocycles. The number of benzene rings is 3. The topological polar surface area (TPSA) is 59.1 Å². The summed E-state index contributed by atoms with van der Waals surface area (Å²) < 4.78 is 25.2. The number of amides is 2. The summed E-state index contributed by atoms with van der Waals surface area (Å²) in [5.74, 6) is 0.272. The zero-order valence-corrected chi connectivity index (χ0v) is 18.9. The van der Waals surface area contributed by atoms with Crippen molar-refractivity contribution in [2.24, 2.45) is 0 Å². The fraction of sp³-hybridized carbons (Fsp3) is 0.200. The van der Waals surface area contributed by atoms with Crippen LogP contribution in [0.5, 0.6) is 11.5 Å². The van der Waals surface area contributed by atoms with Crippen LogP contribution in [0.1, 0.15) is 11.1 Å². The van der Waals surface area contributed by atoms with Crippen LogP contribution < -0.4 is 19.3 Å². The molecule has 2 aliphatic rings. The average molecular weight is 465 g/mol. The monoisotopic (exact) mass is 464 g/mol. The van der Waals surface area contributed by atoms with Crippen LogP contribution in [-0.4, -0.2) is 31.8 Å². The Labute approximate surface area is 194 Å². The average Bonchev–Trinajstić information content (AvgIpc) is 3.31. The van der Waals surface area contributed by atoms with Crippen LogP contribution >= 0.6 is 11.8 Å². The highest BCUT2D eigenvalue weighted by molar-refractivity contribution is 8.02. The summed E-state index contributed by atoms with van der Waals surface area (Å²) in [6.45, 7) is 0.0638. The van der Waals surface area contributed by atoms with Gasteiger partial charge in [-0.3, -0.25) is 14.5 Å². The molecule has 6 nitrogen and oxygen atoms in total. The molecule has 1 spiro atoms. The van der Waals surface area contributed by atoms with Gasteiger partial charge in [0.2, 0.25) is 10.8 Å². The lowest BCUT2D eigenvalue weighted by atomic mass is 10.0. The van der Waals surface area contributed by atoms with Crippen LogP contribution in [0.2, 0.25) is 0 Å². The molecule has 1 fully saturated rings. The lowest BCUT2D eigenvalue weighted by Crippen LogP contribution is -2.49. The van der Waals surface area contributed by atoms with Gasteiger partial charge in [-0.1, -0.05) is 36.4 Å². The van der Waals surface area contributed by atoms with E-state index >= 15 is 0 Å². The Balaban J connectivity index is 1.66. The molecule has 0 N–H and O–H groups in total. The van der Waals surface area contributed by atoms with E-state index in [4.69, 9.17) is 9.47 Å². The highest BCUT2D eigenvalue weighted by Gasteiger charge is 2.61. The van der Waals surface area contributed by atoms with Gasteiger partial charge in [0.1, 0.15) is 17.3 Å². The molecule has 0 aliphatic carbocycles. The Morgan fingerprint density at radius 2 is 1.64 bits per heavy atom. The fourth-order valence-electron chi connectivity index (χ4n) is 4.43. The third-order valence-corrected chi connectivity index (χ3v) is 7.33. The highest BCUT2D eigenvalue weighted by atomic mass is 32.2. The molecule has 0 unspecified atom stereocenters. The number of para-hydroxylation sites is 1. The summed E-state index contributed by atoms with van der Waals surface area (Å²) in [5, 5.41) is 0. The van der Waals surface area contributed by atoms with Crippen molar-refractivity contribution < 1.29 is 23.5 Å². The number of hydrogen-bond acceptors (Lipinski definition) is 5. The minimum Gasteiger partial charge on any atom is -0.497 e. The van der Waals surface area contributed by atoms with E-state index in [0.29, 0.717) is 34.0 Å². The molecule has 1 atom stereocenters. The Kier molecular flexibility index (Phi) is 5.25. The number of hydrogen-bond donors (Lipinski definition) is 0.